The zero-order chi connectivity index (χ0) is 11.4. The van der Waals surface area contributed by atoms with Crippen LogP contribution >= 0.6 is 0 Å². The number of nitrogens with one attached hydrogen (secondary N) is 1. The molecule has 5 nitrogen and oxygen atoms in total. The van der Waals surface area contributed by atoms with Crippen LogP contribution in [-0.4, -0.2) is 27.7 Å². The molecule has 0 fully saturated rings. The van der Waals surface area contributed by atoms with Crippen LogP contribution in [0.3, 0.4) is 0 Å². The molecule has 0 radical (unpaired) electrons. The Labute approximate surface area is 93.5 Å². The summed E-state index contributed by atoms with van der Waals surface area (Å²) < 4.78 is 0. The zero-order valence-corrected chi connectivity index (χ0v) is 8.67. The van der Waals surface area contributed by atoms with Crippen molar-refractivity contribution in [3.05, 3.63) is 30.2 Å². The van der Waals surface area contributed by atoms with Crippen molar-refractivity contribution < 1.29 is 5.11 Å². The van der Waals surface area contributed by atoms with Gasteiger partial charge in [0.1, 0.15) is 6.07 Å². The summed E-state index contributed by atoms with van der Waals surface area (Å²) in [6, 6.07) is 2.10. The first-order chi connectivity index (χ1) is 7.83. The fourth-order valence-corrected chi connectivity index (χ4v) is 1.72. The van der Waals surface area contributed by atoms with Gasteiger partial charge < -0.3 is 10.4 Å². The van der Waals surface area contributed by atoms with Crippen LogP contribution < -0.4 is 5.32 Å². The van der Waals surface area contributed by atoms with Gasteiger partial charge in [0.15, 0.2) is 11.5 Å². The second-order valence-electron chi connectivity index (χ2n) is 3.68. The fourth-order valence-electron chi connectivity index (χ4n) is 1.72. The number of aromatic nitrogens is 2. The van der Waals surface area contributed by atoms with Crippen LogP contribution in [0.25, 0.3) is 0 Å². The van der Waals surface area contributed by atoms with E-state index in [2.05, 4.69) is 15.3 Å². The van der Waals surface area contributed by atoms with Crippen molar-refractivity contribution in [2.24, 2.45) is 5.92 Å². The summed E-state index contributed by atoms with van der Waals surface area (Å²) in [5.74, 6) is 0.693. The summed E-state index contributed by atoms with van der Waals surface area (Å²) in [5, 5.41) is 21.0. The Bertz CT molecular complexity index is 438. The van der Waals surface area contributed by atoms with E-state index in [9.17, 15) is 0 Å². The van der Waals surface area contributed by atoms with Crippen molar-refractivity contribution in [2.45, 2.75) is 12.5 Å². The van der Waals surface area contributed by atoms with Crippen molar-refractivity contribution in [1.29, 1.82) is 5.26 Å². The van der Waals surface area contributed by atoms with Gasteiger partial charge in [0, 0.05) is 31.0 Å². The predicted molar refractivity (Wildman–Crippen MR) is 58.5 cm³/mol. The molecule has 0 saturated carbocycles. The van der Waals surface area contributed by atoms with E-state index < -0.39 is 0 Å². The van der Waals surface area contributed by atoms with Crippen molar-refractivity contribution in [2.75, 3.05) is 11.9 Å². The number of hydrogen-bond donors (Lipinski definition) is 2. The minimum atomic E-state index is 0.112. The van der Waals surface area contributed by atoms with Gasteiger partial charge in [0.25, 0.3) is 0 Å². The van der Waals surface area contributed by atoms with Crippen LogP contribution in [0.2, 0.25) is 0 Å². The van der Waals surface area contributed by atoms with Gasteiger partial charge in [-0.25, -0.2) is 9.97 Å². The van der Waals surface area contributed by atoms with Gasteiger partial charge in [-0.2, -0.15) is 5.26 Å². The monoisotopic (exact) mass is 216 g/mol. The molecule has 1 aromatic rings. The van der Waals surface area contributed by atoms with E-state index in [4.69, 9.17) is 10.4 Å². The quantitative estimate of drug-likeness (QED) is 0.727. The molecule has 2 N–H and O–H groups in total. The molecule has 16 heavy (non-hydrogen) atoms. The van der Waals surface area contributed by atoms with Crippen molar-refractivity contribution >= 4 is 5.82 Å². The van der Waals surface area contributed by atoms with E-state index in [1.54, 1.807) is 6.20 Å². The fraction of sp³-hybridized carbons (Fsp3) is 0.364. The number of rotatable bonds is 3. The highest BCUT2D eigenvalue weighted by molar-refractivity contribution is 5.48. The molecule has 2 rings (SSSR count). The normalized spacial score (nSPS) is 23.0. The smallest absolute Gasteiger partial charge is 0.182 e. The number of nitriles is 1. The molecule has 0 amide bonds. The van der Waals surface area contributed by atoms with Gasteiger partial charge >= 0.3 is 0 Å². The maximum absolute atomic E-state index is 8.99. The lowest BCUT2D eigenvalue weighted by atomic mass is 10.1. The average molecular weight is 216 g/mol. The molecule has 0 aliphatic heterocycles. The summed E-state index contributed by atoms with van der Waals surface area (Å²) in [6.07, 6.45) is 7.81. The lowest BCUT2D eigenvalue weighted by molar-refractivity contribution is 0.250. The lowest BCUT2D eigenvalue weighted by Crippen LogP contribution is -2.18. The highest BCUT2D eigenvalue weighted by Crippen LogP contribution is 2.20. The van der Waals surface area contributed by atoms with E-state index in [0.29, 0.717) is 11.5 Å². The molecular weight excluding hydrogens is 204 g/mol. The molecule has 1 aliphatic rings. The topological polar surface area (TPSA) is 81.8 Å². The molecule has 2 atom stereocenters. The standard InChI is InChI=1S/C11H12N4O/c12-6-10-11(14-4-3-13-10)15-9-2-1-8(5-9)7-16/h1-4,8-9,16H,5,7H2,(H,14,15)/t8-,9+/m0/s1. The van der Waals surface area contributed by atoms with E-state index in [1.807, 2.05) is 18.2 Å². The van der Waals surface area contributed by atoms with E-state index in [-0.39, 0.29) is 18.6 Å². The van der Waals surface area contributed by atoms with Gasteiger partial charge in [-0.05, 0) is 6.42 Å². The maximum Gasteiger partial charge on any atom is 0.182 e. The Morgan fingerprint density at radius 2 is 2.25 bits per heavy atom. The first kappa shape index (κ1) is 10.6. The van der Waals surface area contributed by atoms with Gasteiger partial charge in [-0.1, -0.05) is 12.2 Å². The Morgan fingerprint density at radius 1 is 1.44 bits per heavy atom. The largest absolute Gasteiger partial charge is 0.396 e. The second-order valence-corrected chi connectivity index (χ2v) is 3.68. The molecule has 0 aromatic carbocycles. The Kier molecular flexibility index (Phi) is 3.13. The zero-order valence-electron chi connectivity index (χ0n) is 8.67. The third kappa shape index (κ3) is 2.18. The molecule has 0 saturated heterocycles. The van der Waals surface area contributed by atoms with Crippen molar-refractivity contribution in [1.82, 2.24) is 9.97 Å². The molecule has 0 bridgehead atoms. The lowest BCUT2D eigenvalue weighted by Gasteiger charge is -2.13. The van der Waals surface area contributed by atoms with E-state index in [0.717, 1.165) is 6.42 Å². The SMILES string of the molecule is N#Cc1nccnc1N[C@@H]1C=C[C@H](CO)C1. The summed E-state index contributed by atoms with van der Waals surface area (Å²) >= 11 is 0. The number of hydrogen-bond acceptors (Lipinski definition) is 5. The summed E-state index contributed by atoms with van der Waals surface area (Å²) in [7, 11) is 0. The van der Waals surface area contributed by atoms with E-state index >= 15 is 0 Å². The number of aliphatic hydroxyl groups excluding tert-OH is 1. The number of anilines is 1. The van der Waals surface area contributed by atoms with Crippen LogP contribution in [-0.2, 0) is 0 Å². The molecule has 5 heteroatoms. The molecular formula is C11H12N4O. The van der Waals surface area contributed by atoms with Crippen LogP contribution in [0.15, 0.2) is 24.5 Å². The van der Waals surface area contributed by atoms with Crippen molar-refractivity contribution in [3.8, 4) is 6.07 Å². The molecule has 1 aliphatic carbocycles. The molecule has 0 spiro atoms. The highest BCUT2D eigenvalue weighted by atomic mass is 16.3. The third-order valence-electron chi connectivity index (χ3n) is 2.53. The first-order valence-corrected chi connectivity index (χ1v) is 5.10. The highest BCUT2D eigenvalue weighted by Gasteiger charge is 2.19. The average Bonchev–Trinajstić information content (AvgIpc) is 2.77. The van der Waals surface area contributed by atoms with Gasteiger partial charge in [-0.15, -0.1) is 0 Å². The minimum absolute atomic E-state index is 0.112. The first-order valence-electron chi connectivity index (χ1n) is 5.10. The number of nitrogens with zero attached hydrogens (tertiary/aromatic N) is 3. The second kappa shape index (κ2) is 4.73. The number of aliphatic hydroxyl groups is 1. The summed E-state index contributed by atoms with van der Waals surface area (Å²) in [6.45, 7) is 0.153. The summed E-state index contributed by atoms with van der Waals surface area (Å²) in [5.41, 5.74) is 0.295. The Balaban J connectivity index is 2.06. The van der Waals surface area contributed by atoms with Crippen LogP contribution in [0.4, 0.5) is 5.82 Å². The van der Waals surface area contributed by atoms with Gasteiger partial charge in [-0.3, -0.25) is 0 Å². The van der Waals surface area contributed by atoms with Gasteiger partial charge in [0.05, 0.1) is 0 Å². The predicted octanol–water partition coefficient (Wildman–Crippen LogP) is 0.697. The summed E-state index contributed by atoms with van der Waals surface area (Å²) in [4.78, 5) is 7.99. The van der Waals surface area contributed by atoms with Crippen LogP contribution in [0.5, 0.6) is 0 Å². The molecule has 1 heterocycles. The van der Waals surface area contributed by atoms with Crippen molar-refractivity contribution in [3.63, 3.8) is 0 Å². The molecule has 1 aromatic heterocycles. The Hall–Kier alpha value is -1.93. The van der Waals surface area contributed by atoms with Crippen LogP contribution in [0.1, 0.15) is 12.1 Å². The maximum atomic E-state index is 8.99. The van der Waals surface area contributed by atoms with E-state index in [1.165, 1.54) is 6.20 Å². The molecule has 0 unspecified atom stereocenters. The van der Waals surface area contributed by atoms with Gasteiger partial charge in [0.2, 0.25) is 0 Å². The minimum Gasteiger partial charge on any atom is -0.396 e. The Morgan fingerprint density at radius 3 is 2.94 bits per heavy atom. The molecule has 82 valence electrons. The van der Waals surface area contributed by atoms with Crippen LogP contribution in [0, 0.1) is 17.2 Å². The third-order valence-corrected chi connectivity index (χ3v) is 2.53.